The van der Waals surface area contributed by atoms with Crippen molar-refractivity contribution >= 4 is 17.8 Å². The van der Waals surface area contributed by atoms with Crippen molar-refractivity contribution in [1.29, 1.82) is 0 Å². The van der Waals surface area contributed by atoms with Crippen LogP contribution >= 0.6 is 0 Å². The Balaban J connectivity index is 1.35. The topological polar surface area (TPSA) is 81.2 Å². The highest BCUT2D eigenvalue weighted by molar-refractivity contribution is 5.93. The molecule has 2 aromatic carbocycles. The fraction of sp³-hybridized carbons (Fsp3) is 0.290. The molecule has 0 saturated heterocycles. The Morgan fingerprint density at radius 3 is 2.33 bits per heavy atom. The van der Waals surface area contributed by atoms with E-state index in [0.717, 1.165) is 16.9 Å². The monoisotopic (exact) mass is 528 g/mol. The van der Waals surface area contributed by atoms with Crippen LogP contribution in [0.5, 0.6) is 11.5 Å². The second-order valence-electron chi connectivity index (χ2n) is 10.5. The fourth-order valence-electron chi connectivity index (χ4n) is 4.04. The van der Waals surface area contributed by atoms with Crippen LogP contribution in [0.4, 0.5) is 5.69 Å². The van der Waals surface area contributed by atoms with E-state index in [2.05, 4.69) is 41.1 Å². The van der Waals surface area contributed by atoms with Gasteiger partial charge in [-0.2, -0.15) is 5.10 Å². The summed E-state index contributed by atoms with van der Waals surface area (Å²) >= 11 is 0. The first-order valence-electron chi connectivity index (χ1n) is 12.8. The molecule has 1 amide bonds. The molecule has 0 aliphatic carbocycles. The van der Waals surface area contributed by atoms with Gasteiger partial charge >= 0.3 is 5.91 Å². The minimum Gasteiger partial charge on any atom is -0.487 e. The molecule has 1 N–H and O–H groups in total. The lowest BCUT2D eigenvalue weighted by Gasteiger charge is -2.24. The molecule has 204 valence electrons. The maximum Gasteiger partial charge on any atom is 0.307 e. The number of rotatable bonds is 9. The van der Waals surface area contributed by atoms with Crippen molar-refractivity contribution in [2.24, 2.45) is 5.10 Å². The van der Waals surface area contributed by atoms with Gasteiger partial charge in [-0.3, -0.25) is 4.79 Å². The Morgan fingerprint density at radius 2 is 1.69 bits per heavy atom. The van der Waals surface area contributed by atoms with Gasteiger partial charge in [0, 0.05) is 48.5 Å². The van der Waals surface area contributed by atoms with Crippen molar-refractivity contribution in [2.45, 2.75) is 46.8 Å². The third kappa shape index (κ3) is 7.10. The number of hydrazone groups is 1. The Labute approximate surface area is 229 Å². The number of amides is 1. The molecule has 2 heterocycles. The molecule has 0 saturated carbocycles. The molecule has 0 unspecified atom stereocenters. The van der Waals surface area contributed by atoms with Crippen LogP contribution in [0.2, 0.25) is 0 Å². The number of benzene rings is 2. The lowest BCUT2D eigenvalue weighted by molar-refractivity contribution is 0.0923. The number of anilines is 1. The van der Waals surface area contributed by atoms with Crippen LogP contribution in [-0.4, -0.2) is 36.4 Å². The molecule has 0 radical (unpaired) electrons. The van der Waals surface area contributed by atoms with Gasteiger partial charge in [0.25, 0.3) is 0 Å². The summed E-state index contributed by atoms with van der Waals surface area (Å²) in [6, 6.07) is 21.2. The summed E-state index contributed by atoms with van der Waals surface area (Å²) in [7, 11) is 3.93. The number of carbonyl (C=O) groups excluding carboxylic acids is 1. The summed E-state index contributed by atoms with van der Waals surface area (Å²) in [5.74, 6) is 1.61. The Kier molecular flexibility index (Phi) is 8.14. The lowest BCUT2D eigenvalue weighted by Crippen LogP contribution is -2.24. The number of hydrogen-bond donors (Lipinski definition) is 1. The zero-order chi connectivity index (χ0) is 28.2. The van der Waals surface area contributed by atoms with Gasteiger partial charge in [-0.25, -0.2) is 5.43 Å². The Bertz CT molecular complexity index is 1440. The average molecular weight is 529 g/mol. The smallest absolute Gasteiger partial charge is 0.307 e. The van der Waals surface area contributed by atoms with Gasteiger partial charge in [-0.1, -0.05) is 0 Å². The van der Waals surface area contributed by atoms with Gasteiger partial charge < -0.3 is 23.4 Å². The summed E-state index contributed by atoms with van der Waals surface area (Å²) in [6.45, 7) is 10.3. The number of nitrogens with one attached hydrogen (secondary N) is 1. The molecule has 8 nitrogen and oxygen atoms in total. The molecule has 0 aliphatic heterocycles. The minimum atomic E-state index is -0.456. The predicted molar refractivity (Wildman–Crippen MR) is 154 cm³/mol. The normalized spacial score (nSPS) is 11.6. The van der Waals surface area contributed by atoms with Crippen molar-refractivity contribution in [3.05, 3.63) is 95.2 Å². The molecular formula is C31H36N4O4. The highest BCUT2D eigenvalue weighted by Crippen LogP contribution is 2.27. The molecule has 4 rings (SSSR count). The van der Waals surface area contributed by atoms with E-state index in [4.69, 9.17) is 13.9 Å². The van der Waals surface area contributed by atoms with Crippen molar-refractivity contribution in [1.82, 2.24) is 9.99 Å². The molecule has 2 aromatic heterocycles. The first-order chi connectivity index (χ1) is 18.5. The van der Waals surface area contributed by atoms with E-state index < -0.39 is 5.91 Å². The average Bonchev–Trinajstić information content (AvgIpc) is 3.49. The molecule has 0 bridgehead atoms. The Morgan fingerprint density at radius 1 is 1.00 bits per heavy atom. The summed E-state index contributed by atoms with van der Waals surface area (Å²) < 4.78 is 19.8. The van der Waals surface area contributed by atoms with Gasteiger partial charge in [0.1, 0.15) is 29.5 Å². The molecule has 0 atom stereocenters. The molecule has 4 aromatic rings. The molecular weight excluding hydrogens is 492 g/mol. The number of furan rings is 1. The highest BCUT2D eigenvalue weighted by atomic mass is 16.5. The van der Waals surface area contributed by atoms with Crippen LogP contribution in [0.15, 0.2) is 76.2 Å². The van der Waals surface area contributed by atoms with Crippen LogP contribution in [-0.2, 0) is 6.61 Å². The standard InChI is InChI=1S/C31H36N4O4/c1-21-8-9-22(2)35(21)24-12-14-26(15-13-24)37-20-27-16-17-28(38-27)30(36)33-32-19-23-10-11-25(34(6)7)18-29(23)39-31(3,4)5/h8-19H,20H2,1-7H3,(H,33,36)/b32-19+. The zero-order valence-electron chi connectivity index (χ0n) is 23.6. The number of aryl methyl sites for hydroxylation is 2. The third-order valence-corrected chi connectivity index (χ3v) is 5.93. The first-order valence-corrected chi connectivity index (χ1v) is 12.8. The van der Waals surface area contributed by atoms with Crippen molar-refractivity contribution < 1.29 is 18.7 Å². The maximum atomic E-state index is 12.6. The van der Waals surface area contributed by atoms with Crippen LogP contribution in [0.25, 0.3) is 5.69 Å². The molecule has 0 spiro atoms. The van der Waals surface area contributed by atoms with E-state index in [-0.39, 0.29) is 18.0 Å². The predicted octanol–water partition coefficient (Wildman–Crippen LogP) is 6.27. The number of ether oxygens (including phenoxy) is 2. The van der Waals surface area contributed by atoms with Gasteiger partial charge in [0.05, 0.1) is 6.21 Å². The Hall–Kier alpha value is -4.46. The SMILES string of the molecule is Cc1ccc(C)n1-c1ccc(OCc2ccc(C(=O)N/N=C/c3ccc(N(C)C)cc3OC(C)(C)C)o2)cc1. The van der Waals surface area contributed by atoms with E-state index in [1.165, 1.54) is 11.4 Å². The summed E-state index contributed by atoms with van der Waals surface area (Å²) in [5.41, 5.74) is 7.31. The number of carbonyl (C=O) groups is 1. The van der Waals surface area contributed by atoms with Gasteiger partial charge in [-0.15, -0.1) is 0 Å². The second kappa shape index (κ2) is 11.5. The van der Waals surface area contributed by atoms with Crippen molar-refractivity contribution in [3.63, 3.8) is 0 Å². The second-order valence-corrected chi connectivity index (χ2v) is 10.5. The largest absolute Gasteiger partial charge is 0.487 e. The zero-order valence-corrected chi connectivity index (χ0v) is 23.6. The highest BCUT2D eigenvalue weighted by Gasteiger charge is 2.16. The van der Waals surface area contributed by atoms with E-state index in [1.54, 1.807) is 18.3 Å². The van der Waals surface area contributed by atoms with Crippen LogP contribution in [0.1, 0.15) is 54.0 Å². The number of aromatic nitrogens is 1. The van der Waals surface area contributed by atoms with Gasteiger partial charge in [-0.05, 0) is 95.3 Å². The van der Waals surface area contributed by atoms with E-state index in [0.29, 0.717) is 17.3 Å². The van der Waals surface area contributed by atoms with Crippen LogP contribution in [0, 0.1) is 13.8 Å². The lowest BCUT2D eigenvalue weighted by atomic mass is 10.1. The third-order valence-electron chi connectivity index (χ3n) is 5.93. The quantitative estimate of drug-likeness (QED) is 0.204. The van der Waals surface area contributed by atoms with Crippen LogP contribution < -0.4 is 19.8 Å². The molecule has 0 fully saturated rings. The molecule has 8 heteroatoms. The number of hydrogen-bond acceptors (Lipinski definition) is 6. The van der Waals surface area contributed by atoms with Crippen molar-refractivity contribution in [2.75, 3.05) is 19.0 Å². The summed E-state index contributed by atoms with van der Waals surface area (Å²) in [5, 5.41) is 4.12. The fourth-order valence-corrected chi connectivity index (χ4v) is 4.04. The van der Waals surface area contributed by atoms with E-state index in [1.807, 2.05) is 82.2 Å². The van der Waals surface area contributed by atoms with E-state index in [9.17, 15) is 4.79 Å². The van der Waals surface area contributed by atoms with Crippen LogP contribution in [0.3, 0.4) is 0 Å². The molecule has 0 aliphatic rings. The van der Waals surface area contributed by atoms with Gasteiger partial charge in [0.2, 0.25) is 0 Å². The maximum absolute atomic E-state index is 12.6. The summed E-state index contributed by atoms with van der Waals surface area (Å²) in [4.78, 5) is 14.6. The number of nitrogens with zero attached hydrogens (tertiary/aromatic N) is 3. The van der Waals surface area contributed by atoms with E-state index >= 15 is 0 Å². The molecule has 39 heavy (non-hydrogen) atoms. The van der Waals surface area contributed by atoms with Gasteiger partial charge in [0.15, 0.2) is 5.76 Å². The first kappa shape index (κ1) is 27.6. The van der Waals surface area contributed by atoms with Crippen molar-refractivity contribution in [3.8, 4) is 17.2 Å². The minimum absolute atomic E-state index is 0.147. The summed E-state index contributed by atoms with van der Waals surface area (Å²) in [6.07, 6.45) is 1.56.